The summed E-state index contributed by atoms with van der Waals surface area (Å²) in [4.78, 5) is 22.7. The first kappa shape index (κ1) is 19.6. The fourth-order valence-corrected chi connectivity index (χ4v) is 4.25. The lowest BCUT2D eigenvalue weighted by molar-refractivity contribution is 0.246. The molecule has 0 unspecified atom stereocenters. The average molecular weight is 391 g/mol. The van der Waals surface area contributed by atoms with E-state index >= 15 is 0 Å². The summed E-state index contributed by atoms with van der Waals surface area (Å²) in [5.41, 5.74) is 4.96. The summed E-state index contributed by atoms with van der Waals surface area (Å²) in [5.74, 6) is 0.878. The zero-order chi connectivity index (χ0) is 20.4. The Bertz CT molecular complexity index is 1060. The SMILES string of the molecule is CCc1nc2ccccc2c(=O)n1CCN1CCN(c2cccc(C)c2C)CC1. The van der Waals surface area contributed by atoms with E-state index in [0.717, 1.165) is 50.5 Å². The van der Waals surface area contributed by atoms with Gasteiger partial charge in [0.25, 0.3) is 5.56 Å². The minimum absolute atomic E-state index is 0.0847. The molecule has 0 spiro atoms. The molecule has 0 radical (unpaired) electrons. The molecule has 4 rings (SSSR count). The molecule has 1 aliphatic heterocycles. The number of hydrogen-bond donors (Lipinski definition) is 0. The van der Waals surface area contributed by atoms with Crippen LogP contribution in [-0.2, 0) is 13.0 Å². The van der Waals surface area contributed by atoms with Crippen molar-refractivity contribution >= 4 is 16.6 Å². The van der Waals surface area contributed by atoms with Crippen molar-refractivity contribution in [3.8, 4) is 0 Å². The summed E-state index contributed by atoms with van der Waals surface area (Å²) < 4.78 is 1.87. The third-order valence-electron chi connectivity index (χ3n) is 6.19. The van der Waals surface area contributed by atoms with Crippen LogP contribution in [0.25, 0.3) is 10.9 Å². The Balaban J connectivity index is 1.44. The molecule has 1 saturated heterocycles. The second-order valence-electron chi connectivity index (χ2n) is 7.90. The van der Waals surface area contributed by atoms with Crippen LogP contribution in [0, 0.1) is 13.8 Å². The summed E-state index contributed by atoms with van der Waals surface area (Å²) in [7, 11) is 0. The lowest BCUT2D eigenvalue weighted by Gasteiger charge is -2.37. The maximum absolute atomic E-state index is 13.0. The van der Waals surface area contributed by atoms with Gasteiger partial charge in [-0.05, 0) is 43.2 Å². The highest BCUT2D eigenvalue weighted by Crippen LogP contribution is 2.23. The summed E-state index contributed by atoms with van der Waals surface area (Å²) in [6.45, 7) is 12.1. The van der Waals surface area contributed by atoms with Gasteiger partial charge in [-0.3, -0.25) is 14.3 Å². The quantitative estimate of drug-likeness (QED) is 0.670. The Hall–Kier alpha value is -2.66. The number of para-hydroxylation sites is 1. The molecule has 1 fully saturated rings. The van der Waals surface area contributed by atoms with Crippen LogP contribution in [0.5, 0.6) is 0 Å². The van der Waals surface area contributed by atoms with Crippen molar-refractivity contribution in [3.05, 3.63) is 69.8 Å². The molecule has 0 aliphatic carbocycles. The summed E-state index contributed by atoms with van der Waals surface area (Å²) in [5, 5.41) is 0.712. The predicted molar refractivity (Wildman–Crippen MR) is 120 cm³/mol. The van der Waals surface area contributed by atoms with E-state index < -0.39 is 0 Å². The number of aryl methyl sites for hydroxylation is 2. The van der Waals surface area contributed by atoms with Crippen LogP contribution < -0.4 is 10.5 Å². The van der Waals surface area contributed by atoms with Crippen LogP contribution in [0.2, 0.25) is 0 Å². The molecular formula is C24H30N4O. The largest absolute Gasteiger partial charge is 0.369 e. The van der Waals surface area contributed by atoms with Crippen LogP contribution in [-0.4, -0.2) is 47.2 Å². The van der Waals surface area contributed by atoms with Gasteiger partial charge < -0.3 is 4.90 Å². The third kappa shape index (κ3) is 3.92. The molecule has 1 aliphatic rings. The Morgan fingerprint density at radius 3 is 2.45 bits per heavy atom. The zero-order valence-corrected chi connectivity index (χ0v) is 17.7. The van der Waals surface area contributed by atoms with Crippen molar-refractivity contribution < 1.29 is 0 Å². The van der Waals surface area contributed by atoms with E-state index in [9.17, 15) is 4.79 Å². The van der Waals surface area contributed by atoms with Gasteiger partial charge in [-0.2, -0.15) is 0 Å². The Kier molecular flexibility index (Phi) is 5.67. The molecule has 0 amide bonds. The van der Waals surface area contributed by atoms with Gasteiger partial charge in [0.2, 0.25) is 0 Å². The van der Waals surface area contributed by atoms with Gasteiger partial charge in [-0.15, -0.1) is 0 Å². The Morgan fingerprint density at radius 2 is 1.69 bits per heavy atom. The highest BCUT2D eigenvalue weighted by Gasteiger charge is 2.19. The molecule has 2 aromatic carbocycles. The number of fused-ring (bicyclic) bond motifs is 1. The van der Waals surface area contributed by atoms with Gasteiger partial charge in [-0.1, -0.05) is 31.2 Å². The number of benzene rings is 2. The number of hydrogen-bond acceptors (Lipinski definition) is 4. The van der Waals surface area contributed by atoms with Crippen molar-refractivity contribution in [2.45, 2.75) is 33.7 Å². The van der Waals surface area contributed by atoms with Gasteiger partial charge in [0.15, 0.2) is 0 Å². The standard InChI is InChI=1S/C24H30N4O/c1-4-23-25-21-10-6-5-9-20(21)24(29)28(23)17-14-26-12-15-27(16-13-26)22-11-7-8-18(2)19(22)3/h5-11H,4,12-17H2,1-3H3. The van der Waals surface area contributed by atoms with Crippen molar-refractivity contribution in [2.24, 2.45) is 0 Å². The average Bonchev–Trinajstić information content (AvgIpc) is 2.75. The molecule has 29 heavy (non-hydrogen) atoms. The summed E-state index contributed by atoms with van der Waals surface area (Å²) in [6.07, 6.45) is 0.764. The smallest absolute Gasteiger partial charge is 0.261 e. The van der Waals surface area contributed by atoms with Crippen LogP contribution in [0.1, 0.15) is 23.9 Å². The normalized spacial score (nSPS) is 15.2. The molecule has 5 heteroatoms. The second kappa shape index (κ2) is 8.37. The summed E-state index contributed by atoms with van der Waals surface area (Å²) >= 11 is 0. The lowest BCUT2D eigenvalue weighted by atomic mass is 10.1. The van der Waals surface area contributed by atoms with Crippen molar-refractivity contribution in [3.63, 3.8) is 0 Å². The van der Waals surface area contributed by atoms with E-state index in [1.54, 1.807) is 0 Å². The predicted octanol–water partition coefficient (Wildman–Crippen LogP) is 3.40. The maximum atomic E-state index is 13.0. The van der Waals surface area contributed by atoms with Gasteiger partial charge in [0.05, 0.1) is 10.9 Å². The molecule has 1 aromatic heterocycles. The van der Waals surface area contributed by atoms with Gasteiger partial charge >= 0.3 is 0 Å². The fraction of sp³-hybridized carbons (Fsp3) is 0.417. The van der Waals surface area contributed by atoms with Crippen LogP contribution in [0.3, 0.4) is 0 Å². The minimum Gasteiger partial charge on any atom is -0.369 e. The fourth-order valence-electron chi connectivity index (χ4n) is 4.25. The highest BCUT2D eigenvalue weighted by molar-refractivity contribution is 5.77. The van der Waals surface area contributed by atoms with Gasteiger partial charge in [0, 0.05) is 51.4 Å². The van der Waals surface area contributed by atoms with Crippen LogP contribution in [0.4, 0.5) is 5.69 Å². The van der Waals surface area contributed by atoms with Gasteiger partial charge in [-0.25, -0.2) is 4.98 Å². The first-order valence-corrected chi connectivity index (χ1v) is 10.6. The summed E-state index contributed by atoms with van der Waals surface area (Å²) in [6, 6.07) is 14.2. The van der Waals surface area contributed by atoms with E-state index in [4.69, 9.17) is 4.98 Å². The monoisotopic (exact) mass is 390 g/mol. The molecule has 0 saturated carbocycles. The van der Waals surface area contributed by atoms with E-state index in [1.807, 2.05) is 28.8 Å². The minimum atomic E-state index is 0.0847. The second-order valence-corrected chi connectivity index (χ2v) is 7.90. The first-order chi connectivity index (χ1) is 14.1. The van der Waals surface area contributed by atoms with Crippen molar-refractivity contribution in [1.29, 1.82) is 0 Å². The number of anilines is 1. The van der Waals surface area contributed by atoms with Crippen molar-refractivity contribution in [2.75, 3.05) is 37.6 Å². The molecule has 5 nitrogen and oxygen atoms in total. The number of piperazine rings is 1. The van der Waals surface area contributed by atoms with Crippen LogP contribution in [0.15, 0.2) is 47.3 Å². The number of nitrogens with zero attached hydrogens (tertiary/aromatic N) is 4. The lowest BCUT2D eigenvalue weighted by Crippen LogP contribution is -2.48. The number of rotatable bonds is 5. The van der Waals surface area contributed by atoms with E-state index in [1.165, 1.54) is 16.8 Å². The van der Waals surface area contributed by atoms with Gasteiger partial charge in [0.1, 0.15) is 5.82 Å². The Morgan fingerprint density at radius 1 is 0.931 bits per heavy atom. The Labute approximate surface area is 172 Å². The van der Waals surface area contributed by atoms with E-state index in [0.29, 0.717) is 11.9 Å². The molecular weight excluding hydrogens is 360 g/mol. The molecule has 0 bridgehead atoms. The van der Waals surface area contributed by atoms with E-state index in [2.05, 4.69) is 48.8 Å². The van der Waals surface area contributed by atoms with Crippen molar-refractivity contribution in [1.82, 2.24) is 14.5 Å². The molecule has 0 atom stereocenters. The van der Waals surface area contributed by atoms with E-state index in [-0.39, 0.29) is 5.56 Å². The number of aromatic nitrogens is 2. The molecule has 0 N–H and O–H groups in total. The third-order valence-corrected chi connectivity index (χ3v) is 6.19. The van der Waals surface area contributed by atoms with Crippen LogP contribution >= 0.6 is 0 Å². The topological polar surface area (TPSA) is 41.4 Å². The first-order valence-electron chi connectivity index (χ1n) is 10.6. The zero-order valence-electron chi connectivity index (χ0n) is 17.7. The highest BCUT2D eigenvalue weighted by atomic mass is 16.1. The molecule has 3 aromatic rings. The molecule has 152 valence electrons. The molecule has 2 heterocycles. The maximum Gasteiger partial charge on any atom is 0.261 e.